The van der Waals surface area contributed by atoms with Crippen molar-refractivity contribution >= 4 is 0 Å². The van der Waals surface area contributed by atoms with Crippen LogP contribution in [0.5, 0.6) is 11.5 Å². The third kappa shape index (κ3) is 1.96. The Balaban J connectivity index is 1.70. The highest BCUT2D eigenvalue weighted by Gasteiger charge is 2.25. The first-order valence-electron chi connectivity index (χ1n) is 7.41. The molecule has 0 bridgehead atoms. The van der Waals surface area contributed by atoms with Gasteiger partial charge in [-0.2, -0.15) is 0 Å². The Bertz CT molecular complexity index is 633. The Morgan fingerprint density at radius 1 is 0.900 bits per heavy atom. The van der Waals surface area contributed by atoms with Crippen LogP contribution in [-0.2, 0) is 12.8 Å². The third-order valence-corrected chi connectivity index (χ3v) is 4.26. The van der Waals surface area contributed by atoms with Crippen LogP contribution >= 0.6 is 0 Å². The topological polar surface area (TPSA) is 18.5 Å². The molecular weight excluding hydrogens is 248 g/mol. The van der Waals surface area contributed by atoms with Gasteiger partial charge < -0.3 is 9.47 Å². The molecule has 0 amide bonds. The molecule has 1 unspecified atom stereocenters. The highest BCUT2D eigenvalue weighted by Crippen LogP contribution is 2.39. The molecule has 2 aliphatic heterocycles. The van der Waals surface area contributed by atoms with E-state index in [1.165, 1.54) is 16.7 Å². The predicted molar refractivity (Wildman–Crippen MR) is 78.4 cm³/mol. The van der Waals surface area contributed by atoms with Crippen molar-refractivity contribution in [2.24, 2.45) is 0 Å². The van der Waals surface area contributed by atoms with E-state index in [1.54, 1.807) is 0 Å². The standard InChI is InChI=1S/C18H18O2/c1-2-8-16-13(5-1)10-11-18(20-16)15-6-3-9-17-14(15)7-4-12-19-17/h1-3,5-6,8-9,18H,4,7,10-12H2. The molecule has 102 valence electrons. The van der Waals surface area contributed by atoms with Gasteiger partial charge in [0.15, 0.2) is 0 Å². The number of hydrogen-bond donors (Lipinski definition) is 0. The fraction of sp³-hybridized carbons (Fsp3) is 0.333. The second-order valence-electron chi connectivity index (χ2n) is 5.53. The Morgan fingerprint density at radius 3 is 2.80 bits per heavy atom. The lowest BCUT2D eigenvalue weighted by Gasteiger charge is -2.29. The summed E-state index contributed by atoms with van der Waals surface area (Å²) in [5.74, 6) is 2.09. The van der Waals surface area contributed by atoms with Gasteiger partial charge in [0.25, 0.3) is 0 Å². The van der Waals surface area contributed by atoms with Gasteiger partial charge in [-0.3, -0.25) is 0 Å². The Hall–Kier alpha value is -1.96. The molecule has 0 radical (unpaired) electrons. The van der Waals surface area contributed by atoms with E-state index in [4.69, 9.17) is 9.47 Å². The zero-order valence-corrected chi connectivity index (χ0v) is 11.5. The number of hydrogen-bond acceptors (Lipinski definition) is 2. The summed E-state index contributed by atoms with van der Waals surface area (Å²) in [5.41, 5.74) is 3.99. The number of aryl methyl sites for hydroxylation is 1. The average Bonchev–Trinajstić information content (AvgIpc) is 2.54. The Labute approximate surface area is 119 Å². The maximum Gasteiger partial charge on any atom is 0.124 e. The summed E-state index contributed by atoms with van der Waals surface area (Å²) in [6.45, 7) is 0.838. The van der Waals surface area contributed by atoms with Crippen molar-refractivity contribution in [3.63, 3.8) is 0 Å². The fourth-order valence-electron chi connectivity index (χ4n) is 3.26. The van der Waals surface area contributed by atoms with Crippen molar-refractivity contribution in [1.29, 1.82) is 0 Å². The van der Waals surface area contributed by atoms with Gasteiger partial charge in [-0.15, -0.1) is 0 Å². The van der Waals surface area contributed by atoms with Crippen LogP contribution in [0, 0.1) is 0 Å². The number of fused-ring (bicyclic) bond motifs is 2. The fourth-order valence-corrected chi connectivity index (χ4v) is 3.26. The number of benzene rings is 2. The van der Waals surface area contributed by atoms with Crippen LogP contribution in [0.15, 0.2) is 42.5 Å². The highest BCUT2D eigenvalue weighted by atomic mass is 16.5. The molecule has 0 aliphatic carbocycles. The predicted octanol–water partition coefficient (Wildman–Crippen LogP) is 4.08. The van der Waals surface area contributed by atoms with Crippen LogP contribution in [0.25, 0.3) is 0 Å². The van der Waals surface area contributed by atoms with E-state index >= 15 is 0 Å². The van der Waals surface area contributed by atoms with Gasteiger partial charge in [0.1, 0.15) is 17.6 Å². The molecule has 20 heavy (non-hydrogen) atoms. The summed E-state index contributed by atoms with van der Waals surface area (Å²) in [6.07, 6.45) is 4.51. The quantitative estimate of drug-likeness (QED) is 0.774. The van der Waals surface area contributed by atoms with Crippen molar-refractivity contribution in [3.8, 4) is 11.5 Å². The van der Waals surface area contributed by atoms with E-state index in [0.29, 0.717) is 0 Å². The van der Waals surface area contributed by atoms with Crippen LogP contribution in [0.1, 0.15) is 35.6 Å². The Kier molecular flexibility index (Phi) is 2.87. The normalized spacial score (nSPS) is 20.3. The maximum absolute atomic E-state index is 6.23. The monoisotopic (exact) mass is 266 g/mol. The van der Waals surface area contributed by atoms with Crippen molar-refractivity contribution < 1.29 is 9.47 Å². The molecule has 0 aromatic heterocycles. The lowest BCUT2D eigenvalue weighted by molar-refractivity contribution is 0.173. The Morgan fingerprint density at radius 2 is 1.80 bits per heavy atom. The molecule has 0 spiro atoms. The molecule has 2 heteroatoms. The zero-order chi connectivity index (χ0) is 13.4. The van der Waals surface area contributed by atoms with Crippen LogP contribution in [-0.4, -0.2) is 6.61 Å². The van der Waals surface area contributed by atoms with Crippen LogP contribution < -0.4 is 9.47 Å². The van der Waals surface area contributed by atoms with Gasteiger partial charge >= 0.3 is 0 Å². The molecule has 4 rings (SSSR count). The molecule has 0 saturated heterocycles. The first kappa shape index (κ1) is 11.8. The van der Waals surface area contributed by atoms with Gasteiger partial charge in [0.2, 0.25) is 0 Å². The number of para-hydroxylation sites is 1. The first-order valence-corrected chi connectivity index (χ1v) is 7.41. The van der Waals surface area contributed by atoms with Gasteiger partial charge in [0.05, 0.1) is 6.61 Å². The van der Waals surface area contributed by atoms with E-state index in [-0.39, 0.29) is 6.10 Å². The molecule has 0 N–H and O–H groups in total. The minimum Gasteiger partial charge on any atom is -0.493 e. The molecule has 2 aliphatic rings. The summed E-state index contributed by atoms with van der Waals surface area (Å²) >= 11 is 0. The molecule has 1 atom stereocenters. The van der Waals surface area contributed by atoms with Gasteiger partial charge in [-0.1, -0.05) is 30.3 Å². The van der Waals surface area contributed by atoms with E-state index in [0.717, 1.165) is 43.8 Å². The van der Waals surface area contributed by atoms with Gasteiger partial charge in [-0.25, -0.2) is 0 Å². The molecule has 0 fully saturated rings. The van der Waals surface area contributed by atoms with Crippen LogP contribution in [0.4, 0.5) is 0 Å². The smallest absolute Gasteiger partial charge is 0.124 e. The second-order valence-corrected chi connectivity index (χ2v) is 5.53. The third-order valence-electron chi connectivity index (χ3n) is 4.26. The van der Waals surface area contributed by atoms with Crippen molar-refractivity contribution in [2.45, 2.75) is 31.8 Å². The largest absolute Gasteiger partial charge is 0.493 e. The average molecular weight is 266 g/mol. The van der Waals surface area contributed by atoms with Gasteiger partial charge in [-0.05, 0) is 48.9 Å². The summed E-state index contributed by atoms with van der Waals surface area (Å²) in [4.78, 5) is 0. The van der Waals surface area contributed by atoms with E-state index < -0.39 is 0 Å². The molecular formula is C18H18O2. The summed E-state index contributed by atoms with van der Waals surface area (Å²) in [5, 5.41) is 0. The minimum atomic E-state index is 0.168. The van der Waals surface area contributed by atoms with Crippen LogP contribution in [0.2, 0.25) is 0 Å². The van der Waals surface area contributed by atoms with Crippen LogP contribution in [0.3, 0.4) is 0 Å². The highest BCUT2D eigenvalue weighted by molar-refractivity contribution is 5.44. The first-order chi connectivity index (χ1) is 9.92. The number of ether oxygens (including phenoxy) is 2. The summed E-state index contributed by atoms with van der Waals surface area (Å²) < 4.78 is 12.0. The molecule has 0 saturated carbocycles. The SMILES string of the molecule is c1ccc2c(c1)CCC(c1cccc3c1CCCO3)O2. The minimum absolute atomic E-state index is 0.168. The molecule has 2 aromatic carbocycles. The molecule has 2 heterocycles. The summed E-state index contributed by atoms with van der Waals surface area (Å²) in [6, 6.07) is 14.7. The van der Waals surface area contributed by atoms with Crippen molar-refractivity contribution in [3.05, 3.63) is 59.2 Å². The van der Waals surface area contributed by atoms with E-state index in [2.05, 4.69) is 36.4 Å². The molecule has 2 nitrogen and oxygen atoms in total. The van der Waals surface area contributed by atoms with Crippen molar-refractivity contribution in [2.75, 3.05) is 6.61 Å². The number of rotatable bonds is 1. The zero-order valence-electron chi connectivity index (χ0n) is 11.5. The lowest BCUT2D eigenvalue weighted by atomic mass is 9.91. The van der Waals surface area contributed by atoms with E-state index in [1.807, 2.05) is 6.07 Å². The lowest BCUT2D eigenvalue weighted by Crippen LogP contribution is -2.19. The van der Waals surface area contributed by atoms with E-state index in [9.17, 15) is 0 Å². The summed E-state index contributed by atoms with van der Waals surface area (Å²) in [7, 11) is 0. The van der Waals surface area contributed by atoms with Gasteiger partial charge in [0, 0.05) is 5.56 Å². The van der Waals surface area contributed by atoms with Crippen molar-refractivity contribution in [1.82, 2.24) is 0 Å². The maximum atomic E-state index is 6.23. The molecule has 2 aromatic rings. The second kappa shape index (κ2) is 4.86.